The number of rotatable bonds is 7. The number of halogens is 1. The lowest BCUT2D eigenvalue weighted by Crippen LogP contribution is -2.23. The van der Waals surface area contributed by atoms with E-state index in [2.05, 4.69) is 20.9 Å². The number of thioether (sulfide) groups is 1. The molecule has 0 aliphatic heterocycles. The molecule has 0 unspecified atom stereocenters. The van der Waals surface area contributed by atoms with Crippen molar-refractivity contribution in [3.05, 3.63) is 62.9 Å². The summed E-state index contributed by atoms with van der Waals surface area (Å²) in [6.07, 6.45) is 0. The number of ether oxygens (including phenoxy) is 1. The molecule has 0 aliphatic rings. The van der Waals surface area contributed by atoms with Crippen LogP contribution in [0.3, 0.4) is 0 Å². The van der Waals surface area contributed by atoms with Crippen molar-refractivity contribution in [2.24, 2.45) is 0 Å². The van der Waals surface area contributed by atoms with Crippen LogP contribution >= 0.6 is 27.7 Å². The maximum atomic E-state index is 12.7. The molecule has 0 saturated carbocycles. The molecule has 2 aromatic carbocycles. The molecule has 27 heavy (non-hydrogen) atoms. The number of ketones is 1. The van der Waals surface area contributed by atoms with Gasteiger partial charge in [0.05, 0.1) is 23.3 Å². The molecular weight excluding hydrogens is 428 g/mol. The topological polar surface area (TPSA) is 61.2 Å². The molecule has 0 saturated heterocycles. The number of hydrogen-bond donors (Lipinski definition) is 0. The van der Waals surface area contributed by atoms with Crippen molar-refractivity contribution in [1.82, 2.24) is 9.55 Å². The van der Waals surface area contributed by atoms with Crippen LogP contribution in [0.2, 0.25) is 0 Å². The third kappa shape index (κ3) is 4.42. The second-order valence-electron chi connectivity index (χ2n) is 5.77. The molecule has 0 spiro atoms. The van der Waals surface area contributed by atoms with Crippen molar-refractivity contribution >= 4 is 44.4 Å². The zero-order valence-corrected chi connectivity index (χ0v) is 17.5. The first kappa shape index (κ1) is 19.6. The largest absolute Gasteiger partial charge is 0.494 e. The minimum Gasteiger partial charge on any atom is -0.494 e. The average Bonchev–Trinajstić information content (AvgIpc) is 2.67. The Morgan fingerprint density at radius 2 is 1.93 bits per heavy atom. The zero-order chi connectivity index (χ0) is 19.4. The summed E-state index contributed by atoms with van der Waals surface area (Å²) in [6, 6.07) is 12.5. The van der Waals surface area contributed by atoms with E-state index in [9.17, 15) is 9.59 Å². The van der Waals surface area contributed by atoms with E-state index in [4.69, 9.17) is 4.74 Å². The van der Waals surface area contributed by atoms with Gasteiger partial charge in [-0.1, -0.05) is 27.7 Å². The summed E-state index contributed by atoms with van der Waals surface area (Å²) in [4.78, 5) is 29.8. The van der Waals surface area contributed by atoms with E-state index in [-0.39, 0.29) is 17.1 Å². The lowest BCUT2D eigenvalue weighted by atomic mass is 10.1. The first-order chi connectivity index (χ1) is 13.0. The lowest BCUT2D eigenvalue weighted by molar-refractivity contribution is 0.102. The molecule has 0 radical (unpaired) electrons. The molecule has 3 aromatic rings. The van der Waals surface area contributed by atoms with Crippen molar-refractivity contribution in [3.8, 4) is 5.75 Å². The van der Waals surface area contributed by atoms with E-state index in [1.807, 2.05) is 19.9 Å². The smallest absolute Gasteiger partial charge is 0.262 e. The highest BCUT2D eigenvalue weighted by atomic mass is 79.9. The summed E-state index contributed by atoms with van der Waals surface area (Å²) >= 11 is 4.67. The van der Waals surface area contributed by atoms with Gasteiger partial charge in [0.1, 0.15) is 5.75 Å². The van der Waals surface area contributed by atoms with Crippen LogP contribution in [-0.2, 0) is 6.54 Å². The fourth-order valence-electron chi connectivity index (χ4n) is 2.68. The molecule has 0 bridgehead atoms. The van der Waals surface area contributed by atoms with Crippen LogP contribution in [0.15, 0.2) is 56.9 Å². The molecule has 5 nitrogen and oxygen atoms in total. The monoisotopic (exact) mass is 446 g/mol. The minimum absolute atomic E-state index is 0.0177. The van der Waals surface area contributed by atoms with Gasteiger partial charge in [0.2, 0.25) is 0 Å². The van der Waals surface area contributed by atoms with Gasteiger partial charge in [0.25, 0.3) is 5.56 Å². The van der Waals surface area contributed by atoms with Gasteiger partial charge in [-0.05, 0) is 56.3 Å². The standard InChI is InChI=1S/C20H19BrN2O3S/c1-3-23-19(25)16-11-14(21)7-10-17(16)22-20(23)27-12-18(24)13-5-8-15(9-6-13)26-4-2/h5-11H,3-4,12H2,1-2H3. The lowest BCUT2D eigenvalue weighted by Gasteiger charge is -2.11. The highest BCUT2D eigenvalue weighted by molar-refractivity contribution is 9.10. The van der Waals surface area contributed by atoms with Crippen LogP contribution < -0.4 is 10.3 Å². The van der Waals surface area contributed by atoms with Crippen LogP contribution in [-0.4, -0.2) is 27.7 Å². The molecule has 1 heterocycles. The Bertz CT molecular complexity index is 1030. The summed E-state index contributed by atoms with van der Waals surface area (Å²) < 4.78 is 7.83. The third-order valence-corrected chi connectivity index (χ3v) is 5.49. The third-order valence-electron chi connectivity index (χ3n) is 4.02. The van der Waals surface area contributed by atoms with Gasteiger partial charge >= 0.3 is 0 Å². The van der Waals surface area contributed by atoms with Crippen molar-refractivity contribution in [1.29, 1.82) is 0 Å². The first-order valence-electron chi connectivity index (χ1n) is 8.62. The highest BCUT2D eigenvalue weighted by Crippen LogP contribution is 2.22. The molecule has 0 fully saturated rings. The van der Waals surface area contributed by atoms with E-state index in [0.29, 0.717) is 34.8 Å². The molecule has 0 amide bonds. The Balaban J connectivity index is 1.82. The summed E-state index contributed by atoms with van der Waals surface area (Å²) in [5.41, 5.74) is 1.14. The number of carbonyl (C=O) groups excluding carboxylic acids is 1. The number of hydrogen-bond acceptors (Lipinski definition) is 5. The fraction of sp³-hybridized carbons (Fsp3) is 0.250. The highest BCUT2D eigenvalue weighted by Gasteiger charge is 2.14. The zero-order valence-electron chi connectivity index (χ0n) is 15.1. The van der Waals surface area contributed by atoms with Crippen molar-refractivity contribution in [2.75, 3.05) is 12.4 Å². The second kappa shape index (κ2) is 8.71. The fourth-order valence-corrected chi connectivity index (χ4v) is 4.00. The maximum Gasteiger partial charge on any atom is 0.262 e. The molecule has 0 aliphatic carbocycles. The Kier molecular flexibility index (Phi) is 6.34. The molecule has 3 rings (SSSR count). The SMILES string of the molecule is CCOc1ccc(C(=O)CSc2nc3ccc(Br)cc3c(=O)n2CC)cc1. The molecule has 0 atom stereocenters. The Morgan fingerprint density at radius 3 is 2.59 bits per heavy atom. The Morgan fingerprint density at radius 1 is 1.19 bits per heavy atom. The predicted molar refractivity (Wildman–Crippen MR) is 112 cm³/mol. The normalized spacial score (nSPS) is 10.9. The molecular formula is C20H19BrN2O3S. The number of fused-ring (bicyclic) bond motifs is 1. The predicted octanol–water partition coefficient (Wildman–Crippen LogP) is 4.55. The summed E-state index contributed by atoms with van der Waals surface area (Å²) in [7, 11) is 0. The van der Waals surface area contributed by atoms with Gasteiger partial charge in [-0.3, -0.25) is 14.2 Å². The molecule has 7 heteroatoms. The quantitative estimate of drug-likeness (QED) is 0.302. The molecule has 0 N–H and O–H groups in total. The van der Waals surface area contributed by atoms with E-state index in [0.717, 1.165) is 10.2 Å². The van der Waals surface area contributed by atoms with Crippen LogP contribution in [0.5, 0.6) is 5.75 Å². The van der Waals surface area contributed by atoms with Crippen LogP contribution in [0, 0.1) is 0 Å². The van der Waals surface area contributed by atoms with Crippen molar-refractivity contribution in [3.63, 3.8) is 0 Å². The number of aromatic nitrogens is 2. The van der Waals surface area contributed by atoms with E-state index in [1.165, 1.54) is 11.8 Å². The number of Topliss-reactive ketones (excluding diaryl/α,β-unsaturated/α-hetero) is 1. The Labute approximate surface area is 169 Å². The minimum atomic E-state index is -0.0974. The van der Waals surface area contributed by atoms with Crippen LogP contribution in [0.4, 0.5) is 0 Å². The summed E-state index contributed by atoms with van der Waals surface area (Å²) in [5.74, 6) is 0.933. The second-order valence-corrected chi connectivity index (χ2v) is 7.63. The summed E-state index contributed by atoms with van der Waals surface area (Å²) in [5, 5.41) is 1.12. The van der Waals surface area contributed by atoms with Gasteiger partial charge in [-0.15, -0.1) is 0 Å². The van der Waals surface area contributed by atoms with E-state index in [1.54, 1.807) is 41.0 Å². The van der Waals surface area contributed by atoms with Gasteiger partial charge in [-0.25, -0.2) is 4.98 Å². The first-order valence-corrected chi connectivity index (χ1v) is 10.4. The van der Waals surface area contributed by atoms with Gasteiger partial charge in [0, 0.05) is 16.6 Å². The summed E-state index contributed by atoms with van der Waals surface area (Å²) in [6.45, 7) is 4.89. The van der Waals surface area contributed by atoms with Crippen molar-refractivity contribution < 1.29 is 9.53 Å². The van der Waals surface area contributed by atoms with Crippen LogP contribution in [0.1, 0.15) is 24.2 Å². The molecule has 140 valence electrons. The van der Waals surface area contributed by atoms with Crippen molar-refractivity contribution in [2.45, 2.75) is 25.5 Å². The van der Waals surface area contributed by atoms with Gasteiger partial charge in [0.15, 0.2) is 10.9 Å². The maximum absolute atomic E-state index is 12.7. The average molecular weight is 447 g/mol. The van der Waals surface area contributed by atoms with Gasteiger partial charge < -0.3 is 4.74 Å². The number of nitrogens with zero attached hydrogens (tertiary/aromatic N) is 2. The van der Waals surface area contributed by atoms with Crippen LogP contribution in [0.25, 0.3) is 10.9 Å². The Hall–Kier alpha value is -2.12. The number of benzene rings is 2. The van der Waals surface area contributed by atoms with E-state index < -0.39 is 0 Å². The van der Waals surface area contributed by atoms with E-state index >= 15 is 0 Å². The molecule has 1 aromatic heterocycles. The van der Waals surface area contributed by atoms with Gasteiger partial charge in [-0.2, -0.15) is 0 Å². The number of carbonyl (C=O) groups is 1.